The number of nitrogens with zero attached hydrogens (tertiary/aromatic N) is 1. The van der Waals surface area contributed by atoms with Crippen LogP contribution in [0.4, 0.5) is 0 Å². The van der Waals surface area contributed by atoms with Crippen molar-refractivity contribution >= 4 is 19.9 Å². The third kappa shape index (κ3) is 3.66. The monoisotopic (exact) mass is 289 g/mol. The first-order valence-corrected chi connectivity index (χ1v) is 8.32. The van der Waals surface area contributed by atoms with Crippen LogP contribution in [0.2, 0.25) is 0 Å². The fraction of sp³-hybridized carbons (Fsp3) is 0.273. The zero-order valence-corrected chi connectivity index (χ0v) is 11.6. The highest BCUT2D eigenvalue weighted by molar-refractivity contribution is 7.94. The second kappa shape index (κ2) is 5.64. The van der Waals surface area contributed by atoms with Crippen molar-refractivity contribution in [1.29, 1.82) is 0 Å². The lowest BCUT2D eigenvalue weighted by Gasteiger charge is -2.16. The largest absolute Gasteiger partial charge is 0.242 e. The Morgan fingerprint density at radius 1 is 1.17 bits per heavy atom. The smallest absolute Gasteiger partial charge is 0.224 e. The van der Waals surface area contributed by atoms with Crippen LogP contribution >= 0.6 is 0 Å². The molecule has 0 spiro atoms. The van der Waals surface area contributed by atoms with Crippen LogP contribution in [0.5, 0.6) is 0 Å². The van der Waals surface area contributed by atoms with Gasteiger partial charge in [0.1, 0.15) is 0 Å². The Morgan fingerprint density at radius 3 is 2.22 bits per heavy atom. The van der Waals surface area contributed by atoms with Gasteiger partial charge in [-0.25, -0.2) is 16.8 Å². The molecule has 0 atom stereocenters. The summed E-state index contributed by atoms with van der Waals surface area (Å²) in [7, 11) is -5.69. The molecular formula is C11H15NO4S2. The van der Waals surface area contributed by atoms with Gasteiger partial charge in [0.15, 0.2) is 9.84 Å². The third-order valence-electron chi connectivity index (χ3n) is 2.40. The van der Waals surface area contributed by atoms with Crippen molar-refractivity contribution in [2.75, 3.05) is 19.3 Å². The average molecular weight is 289 g/mol. The van der Waals surface area contributed by atoms with Crippen molar-refractivity contribution in [3.63, 3.8) is 0 Å². The molecule has 1 aromatic rings. The van der Waals surface area contributed by atoms with E-state index in [2.05, 4.69) is 6.58 Å². The molecule has 0 aliphatic carbocycles. The second-order valence-electron chi connectivity index (χ2n) is 3.67. The minimum absolute atomic E-state index is 0.106. The maximum absolute atomic E-state index is 12.0. The van der Waals surface area contributed by atoms with E-state index in [4.69, 9.17) is 0 Å². The van der Waals surface area contributed by atoms with Gasteiger partial charge < -0.3 is 0 Å². The Kier molecular flexibility index (Phi) is 4.66. The molecule has 5 nitrogen and oxygen atoms in total. The summed E-state index contributed by atoms with van der Waals surface area (Å²) in [5.41, 5.74) is 0. The summed E-state index contributed by atoms with van der Waals surface area (Å²) in [6.07, 6.45) is 0. The van der Waals surface area contributed by atoms with Crippen LogP contribution in [0.15, 0.2) is 47.2 Å². The third-order valence-corrected chi connectivity index (χ3v) is 5.53. The quantitative estimate of drug-likeness (QED) is 0.779. The van der Waals surface area contributed by atoms with Gasteiger partial charge >= 0.3 is 0 Å². The summed E-state index contributed by atoms with van der Waals surface area (Å²) >= 11 is 0. The first kappa shape index (κ1) is 14.9. The van der Waals surface area contributed by atoms with Gasteiger partial charge in [-0.3, -0.25) is 0 Å². The lowest BCUT2D eigenvalue weighted by Crippen LogP contribution is -2.31. The van der Waals surface area contributed by atoms with Crippen LogP contribution in [0.1, 0.15) is 0 Å². The van der Waals surface area contributed by atoms with E-state index in [0.717, 1.165) is 9.71 Å². The predicted molar refractivity (Wildman–Crippen MR) is 70.2 cm³/mol. The molecule has 0 aromatic heterocycles. The molecule has 0 aliphatic rings. The second-order valence-corrected chi connectivity index (χ2v) is 7.79. The van der Waals surface area contributed by atoms with Gasteiger partial charge in [0.25, 0.3) is 0 Å². The van der Waals surface area contributed by atoms with E-state index >= 15 is 0 Å². The van der Waals surface area contributed by atoms with Crippen LogP contribution in [0.3, 0.4) is 0 Å². The van der Waals surface area contributed by atoms with Crippen LogP contribution in [-0.4, -0.2) is 40.5 Å². The molecule has 0 amide bonds. The zero-order chi connectivity index (χ0) is 13.8. The molecule has 0 saturated carbocycles. The van der Waals surface area contributed by atoms with E-state index in [1.807, 2.05) is 0 Å². The molecule has 1 rings (SSSR count). The molecule has 0 aliphatic heterocycles. The summed E-state index contributed by atoms with van der Waals surface area (Å²) in [6, 6.07) is 7.87. The number of benzene rings is 1. The van der Waals surface area contributed by atoms with E-state index in [9.17, 15) is 16.8 Å². The summed E-state index contributed by atoms with van der Waals surface area (Å²) < 4.78 is 47.6. The Morgan fingerprint density at radius 2 is 1.72 bits per heavy atom. The fourth-order valence-corrected chi connectivity index (χ4v) is 3.23. The van der Waals surface area contributed by atoms with Gasteiger partial charge in [-0.05, 0) is 12.1 Å². The Labute approximate surface area is 108 Å². The maximum atomic E-state index is 12.0. The molecule has 0 saturated heterocycles. The molecule has 100 valence electrons. The summed E-state index contributed by atoms with van der Waals surface area (Å²) in [4.78, 5) is 0.142. The molecule has 0 N–H and O–H groups in total. The van der Waals surface area contributed by atoms with E-state index in [0.29, 0.717) is 0 Å². The highest BCUT2D eigenvalue weighted by Gasteiger charge is 2.21. The van der Waals surface area contributed by atoms with Crippen LogP contribution in [-0.2, 0) is 19.9 Å². The molecular weight excluding hydrogens is 274 g/mol. The Hall–Kier alpha value is -1.18. The highest BCUT2D eigenvalue weighted by Crippen LogP contribution is 2.13. The lowest BCUT2D eigenvalue weighted by molar-refractivity contribution is 0.485. The molecule has 0 heterocycles. The van der Waals surface area contributed by atoms with Crippen molar-refractivity contribution in [2.24, 2.45) is 0 Å². The molecule has 0 unspecified atom stereocenters. The Bertz CT molecular complexity index is 606. The number of sulfonamides is 1. The van der Waals surface area contributed by atoms with E-state index in [1.54, 1.807) is 18.2 Å². The van der Waals surface area contributed by atoms with Gasteiger partial charge in [0, 0.05) is 19.0 Å². The molecule has 7 heteroatoms. The lowest BCUT2D eigenvalue weighted by atomic mass is 10.4. The number of rotatable bonds is 6. The average Bonchev–Trinajstić information content (AvgIpc) is 2.37. The van der Waals surface area contributed by atoms with Gasteiger partial charge in [-0.2, -0.15) is 4.31 Å². The zero-order valence-electron chi connectivity index (χ0n) is 9.98. The molecule has 0 bridgehead atoms. The standard InChI is InChI=1S/C11H15NO4S2/c1-3-17(13,14)10-9-12(2)18(15,16)11-7-5-4-6-8-11/h3-8H,1,9-10H2,2H3. The minimum atomic E-state index is -3.64. The normalized spacial score (nSPS) is 12.6. The van der Waals surface area contributed by atoms with Crippen LogP contribution < -0.4 is 0 Å². The minimum Gasteiger partial charge on any atom is -0.224 e. The van der Waals surface area contributed by atoms with Gasteiger partial charge in [0.2, 0.25) is 10.0 Å². The van der Waals surface area contributed by atoms with E-state index in [1.165, 1.54) is 19.2 Å². The molecule has 0 radical (unpaired) electrons. The molecule has 18 heavy (non-hydrogen) atoms. The maximum Gasteiger partial charge on any atom is 0.242 e. The van der Waals surface area contributed by atoms with E-state index < -0.39 is 19.9 Å². The SMILES string of the molecule is C=CS(=O)(=O)CCN(C)S(=O)(=O)c1ccccc1. The van der Waals surface area contributed by atoms with Crippen molar-refractivity contribution in [3.05, 3.63) is 42.3 Å². The van der Waals surface area contributed by atoms with Crippen molar-refractivity contribution in [2.45, 2.75) is 4.90 Å². The van der Waals surface area contributed by atoms with Gasteiger partial charge in [-0.15, -0.1) is 0 Å². The van der Waals surface area contributed by atoms with E-state index in [-0.39, 0.29) is 17.2 Å². The fourth-order valence-electron chi connectivity index (χ4n) is 1.23. The summed E-state index contributed by atoms with van der Waals surface area (Å²) in [5, 5.41) is 0.829. The Balaban J connectivity index is 2.85. The summed E-state index contributed by atoms with van der Waals surface area (Å²) in [6.45, 7) is 3.07. The van der Waals surface area contributed by atoms with Crippen molar-refractivity contribution in [3.8, 4) is 0 Å². The van der Waals surface area contributed by atoms with Crippen LogP contribution in [0, 0.1) is 0 Å². The number of hydrogen-bond acceptors (Lipinski definition) is 4. The van der Waals surface area contributed by atoms with Gasteiger partial charge in [-0.1, -0.05) is 24.8 Å². The molecule has 0 fully saturated rings. The predicted octanol–water partition coefficient (Wildman–Crippen LogP) is 0.865. The van der Waals surface area contributed by atoms with Crippen molar-refractivity contribution < 1.29 is 16.8 Å². The number of hydrogen-bond donors (Lipinski definition) is 0. The molecule has 1 aromatic carbocycles. The highest BCUT2D eigenvalue weighted by atomic mass is 32.2. The topological polar surface area (TPSA) is 71.5 Å². The van der Waals surface area contributed by atoms with Gasteiger partial charge in [0.05, 0.1) is 10.6 Å². The summed E-state index contributed by atoms with van der Waals surface area (Å²) in [5.74, 6) is -0.279. The van der Waals surface area contributed by atoms with Crippen LogP contribution in [0.25, 0.3) is 0 Å². The number of sulfone groups is 1. The first-order chi connectivity index (χ1) is 8.29. The first-order valence-electron chi connectivity index (χ1n) is 5.16. The van der Waals surface area contributed by atoms with Crippen molar-refractivity contribution in [1.82, 2.24) is 4.31 Å².